The Hall–Kier alpha value is -1.10. The molecule has 2 rings (SSSR count). The second kappa shape index (κ2) is 5.69. The van der Waals surface area contributed by atoms with Gasteiger partial charge in [0, 0.05) is 6.04 Å². The van der Waals surface area contributed by atoms with E-state index >= 15 is 0 Å². The number of carboxylic acids is 1. The standard InChI is InChI=1S/C13H17BrN2O2/c1-8-6-11(7-15-12(8)14)16-10-4-2-9(3-5-10)13(17)18/h6-7,9-10,16H,2-5H2,1H3,(H,17,18). The number of carbonyl (C=O) groups is 1. The smallest absolute Gasteiger partial charge is 0.306 e. The second-order valence-electron chi connectivity index (χ2n) is 4.86. The highest BCUT2D eigenvalue weighted by Crippen LogP contribution is 2.27. The topological polar surface area (TPSA) is 62.2 Å². The van der Waals surface area contributed by atoms with Crippen molar-refractivity contribution in [1.82, 2.24) is 4.98 Å². The molecule has 0 bridgehead atoms. The number of pyridine rings is 1. The molecule has 1 aliphatic carbocycles. The quantitative estimate of drug-likeness (QED) is 0.841. The van der Waals surface area contributed by atoms with Gasteiger partial charge in [-0.3, -0.25) is 4.79 Å². The molecule has 0 amide bonds. The molecule has 0 unspecified atom stereocenters. The van der Waals surface area contributed by atoms with E-state index in [1.807, 2.05) is 6.92 Å². The molecule has 98 valence electrons. The number of carboxylic acid groups (broad SMARTS) is 1. The van der Waals surface area contributed by atoms with Crippen LogP contribution in [0.4, 0.5) is 5.69 Å². The first-order valence-corrected chi connectivity index (χ1v) is 6.97. The maximum Gasteiger partial charge on any atom is 0.306 e. The average molecular weight is 313 g/mol. The molecule has 18 heavy (non-hydrogen) atoms. The van der Waals surface area contributed by atoms with Crippen LogP contribution in [-0.2, 0) is 4.79 Å². The Morgan fingerprint density at radius 2 is 2.11 bits per heavy atom. The number of hydrogen-bond acceptors (Lipinski definition) is 3. The van der Waals surface area contributed by atoms with Crippen LogP contribution in [0.2, 0.25) is 0 Å². The van der Waals surface area contributed by atoms with Crippen molar-refractivity contribution in [3.05, 3.63) is 22.4 Å². The number of halogens is 1. The van der Waals surface area contributed by atoms with Crippen LogP contribution < -0.4 is 5.32 Å². The van der Waals surface area contributed by atoms with Crippen LogP contribution in [0.5, 0.6) is 0 Å². The van der Waals surface area contributed by atoms with E-state index in [2.05, 4.69) is 32.3 Å². The number of rotatable bonds is 3. The summed E-state index contributed by atoms with van der Waals surface area (Å²) in [5.41, 5.74) is 2.11. The third-order valence-electron chi connectivity index (χ3n) is 3.46. The Bertz CT molecular complexity index is 443. The van der Waals surface area contributed by atoms with E-state index < -0.39 is 5.97 Å². The molecular weight excluding hydrogens is 296 g/mol. The summed E-state index contributed by atoms with van der Waals surface area (Å²) in [6.45, 7) is 2.00. The summed E-state index contributed by atoms with van der Waals surface area (Å²) in [6.07, 6.45) is 5.14. The van der Waals surface area contributed by atoms with Gasteiger partial charge in [-0.25, -0.2) is 4.98 Å². The lowest BCUT2D eigenvalue weighted by molar-refractivity contribution is -0.142. The minimum absolute atomic E-state index is 0.159. The van der Waals surface area contributed by atoms with E-state index in [1.165, 1.54) is 0 Å². The van der Waals surface area contributed by atoms with Crippen molar-refractivity contribution in [2.24, 2.45) is 5.92 Å². The summed E-state index contributed by atoms with van der Waals surface area (Å²) in [4.78, 5) is 15.1. The number of aryl methyl sites for hydroxylation is 1. The van der Waals surface area contributed by atoms with E-state index in [0.29, 0.717) is 6.04 Å². The number of nitrogens with one attached hydrogen (secondary N) is 1. The maximum absolute atomic E-state index is 10.9. The van der Waals surface area contributed by atoms with Crippen LogP contribution >= 0.6 is 15.9 Å². The lowest BCUT2D eigenvalue weighted by Gasteiger charge is -2.27. The van der Waals surface area contributed by atoms with Crippen molar-refractivity contribution in [2.45, 2.75) is 38.6 Å². The summed E-state index contributed by atoms with van der Waals surface area (Å²) in [7, 11) is 0. The van der Waals surface area contributed by atoms with Crippen LogP contribution in [0, 0.1) is 12.8 Å². The predicted octanol–water partition coefficient (Wildman–Crippen LogP) is 3.21. The number of aromatic nitrogens is 1. The zero-order chi connectivity index (χ0) is 13.1. The summed E-state index contributed by atoms with van der Waals surface area (Å²) in [5.74, 6) is -0.817. The third kappa shape index (κ3) is 3.22. The fourth-order valence-electron chi connectivity index (χ4n) is 2.36. The van der Waals surface area contributed by atoms with Crippen molar-refractivity contribution >= 4 is 27.6 Å². The molecule has 1 aliphatic rings. The zero-order valence-electron chi connectivity index (χ0n) is 10.3. The Morgan fingerprint density at radius 1 is 1.44 bits per heavy atom. The molecule has 2 N–H and O–H groups in total. The molecule has 1 aromatic heterocycles. The Morgan fingerprint density at radius 3 is 2.67 bits per heavy atom. The number of aliphatic carboxylic acids is 1. The van der Waals surface area contributed by atoms with Crippen LogP contribution in [0.1, 0.15) is 31.2 Å². The summed E-state index contributed by atoms with van der Waals surface area (Å²) < 4.78 is 0.864. The molecule has 0 aliphatic heterocycles. The molecule has 0 aromatic carbocycles. The van der Waals surface area contributed by atoms with Gasteiger partial charge in [-0.2, -0.15) is 0 Å². The average Bonchev–Trinajstić information content (AvgIpc) is 2.34. The van der Waals surface area contributed by atoms with Gasteiger partial charge in [-0.05, 0) is 60.2 Å². The van der Waals surface area contributed by atoms with Crippen molar-refractivity contribution in [2.75, 3.05) is 5.32 Å². The van der Waals surface area contributed by atoms with Crippen molar-refractivity contribution in [3.8, 4) is 0 Å². The SMILES string of the molecule is Cc1cc(NC2CCC(C(=O)O)CC2)cnc1Br. The molecule has 1 fully saturated rings. The van der Waals surface area contributed by atoms with Gasteiger partial charge in [-0.1, -0.05) is 0 Å². The van der Waals surface area contributed by atoms with E-state index in [-0.39, 0.29) is 5.92 Å². The number of hydrogen-bond donors (Lipinski definition) is 2. The number of anilines is 1. The predicted molar refractivity (Wildman–Crippen MR) is 73.7 cm³/mol. The number of nitrogens with zero attached hydrogens (tertiary/aromatic N) is 1. The Kier molecular flexibility index (Phi) is 4.22. The summed E-state index contributed by atoms with van der Waals surface area (Å²) in [6, 6.07) is 2.42. The Balaban J connectivity index is 1.91. The van der Waals surface area contributed by atoms with E-state index in [9.17, 15) is 4.79 Å². The maximum atomic E-state index is 10.9. The van der Waals surface area contributed by atoms with Crippen molar-refractivity contribution < 1.29 is 9.90 Å². The minimum Gasteiger partial charge on any atom is -0.481 e. The van der Waals surface area contributed by atoms with E-state index in [1.54, 1.807) is 6.20 Å². The van der Waals surface area contributed by atoms with Crippen LogP contribution in [0.15, 0.2) is 16.9 Å². The monoisotopic (exact) mass is 312 g/mol. The molecule has 0 spiro atoms. The van der Waals surface area contributed by atoms with Gasteiger partial charge in [0.15, 0.2) is 0 Å². The van der Waals surface area contributed by atoms with Gasteiger partial charge in [0.2, 0.25) is 0 Å². The van der Waals surface area contributed by atoms with Gasteiger partial charge in [0.1, 0.15) is 4.60 Å². The minimum atomic E-state index is -0.658. The largest absolute Gasteiger partial charge is 0.481 e. The second-order valence-corrected chi connectivity index (χ2v) is 5.61. The first-order chi connectivity index (χ1) is 8.56. The van der Waals surface area contributed by atoms with Gasteiger partial charge >= 0.3 is 5.97 Å². The van der Waals surface area contributed by atoms with Crippen molar-refractivity contribution in [3.63, 3.8) is 0 Å². The molecule has 5 heteroatoms. The van der Waals surface area contributed by atoms with Gasteiger partial charge < -0.3 is 10.4 Å². The Labute approximate surface area is 115 Å². The molecule has 0 radical (unpaired) electrons. The molecule has 4 nitrogen and oxygen atoms in total. The summed E-state index contributed by atoms with van der Waals surface area (Å²) >= 11 is 3.37. The lowest BCUT2D eigenvalue weighted by atomic mass is 9.86. The fourth-order valence-corrected chi connectivity index (χ4v) is 2.57. The highest BCUT2D eigenvalue weighted by molar-refractivity contribution is 9.10. The van der Waals surface area contributed by atoms with Crippen LogP contribution in [0.3, 0.4) is 0 Å². The van der Waals surface area contributed by atoms with Crippen LogP contribution in [-0.4, -0.2) is 22.1 Å². The van der Waals surface area contributed by atoms with Gasteiger partial charge in [0.05, 0.1) is 17.8 Å². The van der Waals surface area contributed by atoms with Crippen LogP contribution in [0.25, 0.3) is 0 Å². The molecule has 1 aromatic rings. The highest BCUT2D eigenvalue weighted by atomic mass is 79.9. The van der Waals surface area contributed by atoms with E-state index in [0.717, 1.165) is 41.5 Å². The molecule has 1 saturated carbocycles. The first kappa shape index (κ1) is 13.3. The molecular formula is C13H17BrN2O2. The fraction of sp³-hybridized carbons (Fsp3) is 0.538. The van der Waals surface area contributed by atoms with Crippen molar-refractivity contribution in [1.29, 1.82) is 0 Å². The van der Waals surface area contributed by atoms with Gasteiger partial charge in [0.25, 0.3) is 0 Å². The van der Waals surface area contributed by atoms with E-state index in [4.69, 9.17) is 5.11 Å². The first-order valence-electron chi connectivity index (χ1n) is 6.17. The van der Waals surface area contributed by atoms with Gasteiger partial charge in [-0.15, -0.1) is 0 Å². The third-order valence-corrected chi connectivity index (χ3v) is 4.29. The lowest BCUT2D eigenvalue weighted by Crippen LogP contribution is -2.29. The normalized spacial score (nSPS) is 23.7. The summed E-state index contributed by atoms with van der Waals surface area (Å²) in [5, 5.41) is 12.4. The molecule has 0 saturated heterocycles. The molecule has 1 heterocycles. The molecule has 0 atom stereocenters. The zero-order valence-corrected chi connectivity index (χ0v) is 11.9. The highest BCUT2D eigenvalue weighted by Gasteiger charge is 2.25.